The number of carboxylic acid groups (broad SMARTS) is 1. The van der Waals surface area contributed by atoms with Gasteiger partial charge in [0.15, 0.2) is 0 Å². The topological polar surface area (TPSA) is 46.5 Å². The average molecular weight is 248 g/mol. The lowest BCUT2D eigenvalue weighted by atomic mass is 10.1. The summed E-state index contributed by atoms with van der Waals surface area (Å²) in [6.07, 6.45) is 6.08. The molecule has 3 heteroatoms. The van der Waals surface area contributed by atoms with E-state index in [0.717, 1.165) is 35.8 Å². The third-order valence-electron chi connectivity index (χ3n) is 2.64. The van der Waals surface area contributed by atoms with Gasteiger partial charge in [-0.2, -0.15) is 0 Å². The summed E-state index contributed by atoms with van der Waals surface area (Å²) in [5, 5.41) is 8.58. The minimum Gasteiger partial charge on any atom is -0.493 e. The number of rotatable bonds is 7. The monoisotopic (exact) mass is 248 g/mol. The molecule has 0 aromatic heterocycles. The van der Waals surface area contributed by atoms with E-state index in [9.17, 15) is 4.79 Å². The predicted molar refractivity (Wildman–Crippen MR) is 72.9 cm³/mol. The standard InChI is InChI=1S/C15H20O3/c1-3-4-5-10-18-14-11-13(7-6-12(14)2)8-9-15(16)17/h6-9,11H,3-5,10H2,1-2H3,(H,16,17)/b9-8+. The van der Waals surface area contributed by atoms with Gasteiger partial charge in [-0.25, -0.2) is 4.79 Å². The molecular formula is C15H20O3. The van der Waals surface area contributed by atoms with Gasteiger partial charge in [0.2, 0.25) is 0 Å². The molecule has 0 heterocycles. The van der Waals surface area contributed by atoms with Gasteiger partial charge in [-0.1, -0.05) is 31.9 Å². The van der Waals surface area contributed by atoms with Gasteiger partial charge in [0.1, 0.15) is 5.75 Å². The molecule has 0 fully saturated rings. The van der Waals surface area contributed by atoms with E-state index in [1.807, 2.05) is 25.1 Å². The van der Waals surface area contributed by atoms with Crippen LogP contribution in [0.3, 0.4) is 0 Å². The molecule has 18 heavy (non-hydrogen) atoms. The van der Waals surface area contributed by atoms with Crippen LogP contribution in [0.15, 0.2) is 24.3 Å². The molecule has 1 rings (SSSR count). The smallest absolute Gasteiger partial charge is 0.328 e. The molecular weight excluding hydrogens is 228 g/mol. The van der Waals surface area contributed by atoms with E-state index in [1.165, 1.54) is 6.42 Å². The lowest BCUT2D eigenvalue weighted by molar-refractivity contribution is -0.131. The number of benzene rings is 1. The fourth-order valence-electron chi connectivity index (χ4n) is 1.58. The van der Waals surface area contributed by atoms with Crippen LogP contribution < -0.4 is 4.74 Å². The first-order valence-electron chi connectivity index (χ1n) is 6.28. The van der Waals surface area contributed by atoms with E-state index in [4.69, 9.17) is 9.84 Å². The Hall–Kier alpha value is -1.77. The summed E-state index contributed by atoms with van der Waals surface area (Å²) in [6, 6.07) is 5.70. The maximum absolute atomic E-state index is 10.5. The summed E-state index contributed by atoms with van der Waals surface area (Å²) in [7, 11) is 0. The van der Waals surface area contributed by atoms with E-state index >= 15 is 0 Å². The number of aryl methyl sites for hydroxylation is 1. The van der Waals surface area contributed by atoms with Crippen LogP contribution in [0.2, 0.25) is 0 Å². The van der Waals surface area contributed by atoms with Gasteiger partial charge in [0, 0.05) is 6.08 Å². The number of unbranched alkanes of at least 4 members (excludes halogenated alkanes) is 2. The predicted octanol–water partition coefficient (Wildman–Crippen LogP) is 3.66. The van der Waals surface area contributed by atoms with E-state index in [2.05, 4.69) is 6.92 Å². The summed E-state index contributed by atoms with van der Waals surface area (Å²) in [5.41, 5.74) is 1.91. The third-order valence-corrected chi connectivity index (χ3v) is 2.64. The molecule has 0 unspecified atom stereocenters. The molecule has 1 N–H and O–H groups in total. The number of hydrogen-bond acceptors (Lipinski definition) is 2. The van der Waals surface area contributed by atoms with Crippen LogP contribution in [0.5, 0.6) is 5.75 Å². The van der Waals surface area contributed by atoms with E-state index < -0.39 is 5.97 Å². The van der Waals surface area contributed by atoms with Crippen molar-refractivity contribution in [2.75, 3.05) is 6.61 Å². The molecule has 0 amide bonds. The molecule has 0 saturated carbocycles. The highest BCUT2D eigenvalue weighted by molar-refractivity contribution is 5.85. The quantitative estimate of drug-likeness (QED) is 0.591. The molecule has 98 valence electrons. The van der Waals surface area contributed by atoms with Gasteiger partial charge < -0.3 is 9.84 Å². The molecule has 0 aliphatic heterocycles. The van der Waals surface area contributed by atoms with Crippen molar-refractivity contribution in [3.8, 4) is 5.75 Å². The summed E-state index contributed by atoms with van der Waals surface area (Å²) < 4.78 is 5.71. The second-order valence-electron chi connectivity index (χ2n) is 4.25. The first kappa shape index (κ1) is 14.3. The zero-order valence-electron chi connectivity index (χ0n) is 11.0. The van der Waals surface area contributed by atoms with Crippen LogP contribution in [-0.2, 0) is 4.79 Å². The van der Waals surface area contributed by atoms with Gasteiger partial charge in [-0.3, -0.25) is 0 Å². The zero-order chi connectivity index (χ0) is 13.4. The molecule has 3 nitrogen and oxygen atoms in total. The first-order chi connectivity index (χ1) is 8.63. The van der Waals surface area contributed by atoms with Gasteiger partial charge in [-0.15, -0.1) is 0 Å². The Labute approximate surface area is 108 Å². The van der Waals surface area contributed by atoms with Crippen LogP contribution >= 0.6 is 0 Å². The fraction of sp³-hybridized carbons (Fsp3) is 0.400. The fourth-order valence-corrected chi connectivity index (χ4v) is 1.58. The second-order valence-corrected chi connectivity index (χ2v) is 4.25. The van der Waals surface area contributed by atoms with Crippen molar-refractivity contribution in [2.45, 2.75) is 33.1 Å². The Balaban J connectivity index is 2.66. The zero-order valence-corrected chi connectivity index (χ0v) is 11.0. The van der Waals surface area contributed by atoms with Crippen molar-refractivity contribution in [3.05, 3.63) is 35.4 Å². The largest absolute Gasteiger partial charge is 0.493 e. The van der Waals surface area contributed by atoms with Gasteiger partial charge >= 0.3 is 5.97 Å². The highest BCUT2D eigenvalue weighted by Crippen LogP contribution is 2.20. The lowest BCUT2D eigenvalue weighted by Gasteiger charge is -2.09. The molecule has 0 spiro atoms. The maximum Gasteiger partial charge on any atom is 0.328 e. The van der Waals surface area contributed by atoms with Crippen molar-refractivity contribution < 1.29 is 14.6 Å². The van der Waals surface area contributed by atoms with Crippen LogP contribution in [0, 0.1) is 6.92 Å². The van der Waals surface area contributed by atoms with Gasteiger partial charge in [-0.05, 0) is 36.6 Å². The molecule has 0 radical (unpaired) electrons. The summed E-state index contributed by atoms with van der Waals surface area (Å²) >= 11 is 0. The van der Waals surface area contributed by atoms with Crippen molar-refractivity contribution in [1.82, 2.24) is 0 Å². The Morgan fingerprint density at radius 2 is 2.17 bits per heavy atom. The first-order valence-corrected chi connectivity index (χ1v) is 6.28. The summed E-state index contributed by atoms with van der Waals surface area (Å²) in [4.78, 5) is 10.5. The molecule has 0 aliphatic rings. The molecule has 0 aliphatic carbocycles. The molecule has 0 bridgehead atoms. The summed E-state index contributed by atoms with van der Waals surface area (Å²) in [6.45, 7) is 4.85. The third kappa shape index (κ3) is 5.04. The number of carbonyl (C=O) groups is 1. The minimum absolute atomic E-state index is 0.709. The van der Waals surface area contributed by atoms with Crippen LogP contribution in [0.25, 0.3) is 6.08 Å². The molecule has 1 aromatic carbocycles. The Morgan fingerprint density at radius 3 is 2.83 bits per heavy atom. The Kier molecular flexibility index (Phi) is 5.98. The highest BCUT2D eigenvalue weighted by atomic mass is 16.5. The number of carboxylic acids is 1. The van der Waals surface area contributed by atoms with Crippen molar-refractivity contribution >= 4 is 12.0 Å². The highest BCUT2D eigenvalue weighted by Gasteiger charge is 2.00. The van der Waals surface area contributed by atoms with Crippen LogP contribution in [0.4, 0.5) is 0 Å². The van der Waals surface area contributed by atoms with E-state index in [0.29, 0.717) is 6.61 Å². The van der Waals surface area contributed by atoms with Crippen LogP contribution in [-0.4, -0.2) is 17.7 Å². The van der Waals surface area contributed by atoms with Crippen molar-refractivity contribution in [1.29, 1.82) is 0 Å². The maximum atomic E-state index is 10.5. The van der Waals surface area contributed by atoms with Gasteiger partial charge in [0.25, 0.3) is 0 Å². The Bertz CT molecular complexity index is 422. The van der Waals surface area contributed by atoms with Crippen LogP contribution in [0.1, 0.15) is 37.3 Å². The number of aliphatic carboxylic acids is 1. The normalized spacial score (nSPS) is 10.8. The SMILES string of the molecule is CCCCCOc1cc(/C=C/C(=O)O)ccc1C. The molecule has 0 saturated heterocycles. The molecule has 1 aromatic rings. The van der Waals surface area contributed by atoms with E-state index in [-0.39, 0.29) is 0 Å². The van der Waals surface area contributed by atoms with Crippen molar-refractivity contribution in [3.63, 3.8) is 0 Å². The lowest BCUT2D eigenvalue weighted by Crippen LogP contribution is -1.99. The number of ether oxygens (including phenoxy) is 1. The Morgan fingerprint density at radius 1 is 1.39 bits per heavy atom. The minimum atomic E-state index is -0.944. The number of hydrogen-bond donors (Lipinski definition) is 1. The summed E-state index contributed by atoms with van der Waals surface area (Å²) in [5.74, 6) is -0.111. The molecule has 0 atom stereocenters. The second kappa shape index (κ2) is 7.54. The average Bonchev–Trinajstić information content (AvgIpc) is 2.35. The van der Waals surface area contributed by atoms with Gasteiger partial charge in [0.05, 0.1) is 6.61 Å². The van der Waals surface area contributed by atoms with E-state index in [1.54, 1.807) is 6.08 Å². The van der Waals surface area contributed by atoms with Crippen molar-refractivity contribution in [2.24, 2.45) is 0 Å².